The molecule has 1 aromatic carbocycles. The summed E-state index contributed by atoms with van der Waals surface area (Å²) in [6.07, 6.45) is 0.0549. The first-order valence-electron chi connectivity index (χ1n) is 7.88. The van der Waals surface area contributed by atoms with Gasteiger partial charge in [0.1, 0.15) is 17.2 Å². The quantitative estimate of drug-likeness (QED) is 0.779. The summed E-state index contributed by atoms with van der Waals surface area (Å²) in [7, 11) is 1.32. The Balaban J connectivity index is 1.79. The first kappa shape index (κ1) is 17.1. The van der Waals surface area contributed by atoms with Gasteiger partial charge in [-0.15, -0.1) is 0 Å². The molecule has 2 aromatic rings. The molecule has 0 N–H and O–H groups in total. The highest BCUT2D eigenvalue weighted by atomic mass is 19.1. The highest BCUT2D eigenvalue weighted by Crippen LogP contribution is 2.34. The number of rotatable bonds is 4. The van der Waals surface area contributed by atoms with Gasteiger partial charge in [0.15, 0.2) is 0 Å². The molecule has 2 heterocycles. The summed E-state index contributed by atoms with van der Waals surface area (Å²) < 4.78 is 22.7. The molecule has 1 aliphatic heterocycles. The molecule has 1 amide bonds. The standard InChI is InChI=1S/C17H18FN3O4/c1-10-15(20-25-19-10)7-16(22)21-8-13(14(9-21)17(23)24-2)11-3-5-12(18)6-4-11/h3-6,13-14H,7-9H2,1-2H3/t13-,14+/m1/s1. The highest BCUT2D eigenvalue weighted by molar-refractivity contribution is 5.81. The molecule has 1 fully saturated rings. The van der Waals surface area contributed by atoms with Crippen LogP contribution in [0.1, 0.15) is 22.9 Å². The predicted molar refractivity (Wildman–Crippen MR) is 84.0 cm³/mol. The molecular formula is C17H18FN3O4. The smallest absolute Gasteiger partial charge is 0.311 e. The Bertz CT molecular complexity index is 774. The zero-order chi connectivity index (χ0) is 18.0. The number of methoxy groups -OCH3 is 1. The van der Waals surface area contributed by atoms with Gasteiger partial charge in [0.25, 0.3) is 0 Å². The molecule has 1 saturated heterocycles. The summed E-state index contributed by atoms with van der Waals surface area (Å²) in [6, 6.07) is 5.96. The van der Waals surface area contributed by atoms with Crippen molar-refractivity contribution in [3.63, 3.8) is 0 Å². The number of amides is 1. The number of halogens is 1. The molecule has 25 heavy (non-hydrogen) atoms. The lowest BCUT2D eigenvalue weighted by molar-refractivity contribution is -0.145. The van der Waals surface area contributed by atoms with E-state index in [9.17, 15) is 14.0 Å². The van der Waals surface area contributed by atoms with Crippen LogP contribution >= 0.6 is 0 Å². The van der Waals surface area contributed by atoms with Gasteiger partial charge in [-0.05, 0) is 24.6 Å². The number of benzene rings is 1. The number of aryl methyl sites for hydroxylation is 1. The maximum absolute atomic E-state index is 13.2. The summed E-state index contributed by atoms with van der Waals surface area (Å²) in [5, 5.41) is 7.37. The number of aromatic nitrogens is 2. The van der Waals surface area contributed by atoms with Gasteiger partial charge in [0, 0.05) is 19.0 Å². The Labute approximate surface area is 143 Å². The van der Waals surface area contributed by atoms with Crippen LogP contribution in [-0.2, 0) is 20.7 Å². The zero-order valence-electron chi connectivity index (χ0n) is 13.9. The van der Waals surface area contributed by atoms with Crippen LogP contribution in [0.25, 0.3) is 0 Å². The number of nitrogens with zero attached hydrogens (tertiary/aromatic N) is 3. The maximum Gasteiger partial charge on any atom is 0.311 e. The minimum absolute atomic E-state index is 0.0549. The van der Waals surface area contributed by atoms with Crippen molar-refractivity contribution < 1.29 is 23.3 Å². The van der Waals surface area contributed by atoms with E-state index in [1.165, 1.54) is 19.2 Å². The van der Waals surface area contributed by atoms with Crippen molar-refractivity contribution in [2.24, 2.45) is 5.92 Å². The number of carbonyl (C=O) groups excluding carboxylic acids is 2. The van der Waals surface area contributed by atoms with E-state index in [2.05, 4.69) is 14.9 Å². The van der Waals surface area contributed by atoms with Crippen molar-refractivity contribution in [1.82, 2.24) is 15.2 Å². The Kier molecular flexibility index (Phi) is 4.78. The molecule has 0 spiro atoms. The Morgan fingerprint density at radius 1 is 1.28 bits per heavy atom. The molecule has 0 aliphatic carbocycles. The average molecular weight is 347 g/mol. The first-order chi connectivity index (χ1) is 12.0. The van der Waals surface area contributed by atoms with E-state index in [0.29, 0.717) is 17.9 Å². The second-order valence-electron chi connectivity index (χ2n) is 6.06. The van der Waals surface area contributed by atoms with Crippen molar-refractivity contribution >= 4 is 11.9 Å². The fourth-order valence-electron chi connectivity index (χ4n) is 3.11. The molecular weight excluding hydrogens is 329 g/mol. The fraction of sp³-hybridized carbons (Fsp3) is 0.412. The molecule has 0 saturated carbocycles. The van der Waals surface area contributed by atoms with E-state index in [0.717, 1.165) is 5.56 Å². The molecule has 3 rings (SSSR count). The molecule has 0 bridgehead atoms. The number of esters is 1. The van der Waals surface area contributed by atoms with Gasteiger partial charge in [0.05, 0.1) is 19.4 Å². The summed E-state index contributed by atoms with van der Waals surface area (Å²) >= 11 is 0. The molecule has 132 valence electrons. The Morgan fingerprint density at radius 2 is 2.00 bits per heavy atom. The first-order valence-corrected chi connectivity index (χ1v) is 7.88. The van der Waals surface area contributed by atoms with E-state index in [1.54, 1.807) is 24.0 Å². The normalized spacial score (nSPS) is 19.9. The molecule has 0 unspecified atom stereocenters. The van der Waals surface area contributed by atoms with Gasteiger partial charge in [-0.2, -0.15) is 0 Å². The minimum Gasteiger partial charge on any atom is -0.469 e. The summed E-state index contributed by atoms with van der Waals surface area (Å²) in [6.45, 7) is 2.31. The maximum atomic E-state index is 13.2. The van der Waals surface area contributed by atoms with Gasteiger partial charge in [-0.1, -0.05) is 22.4 Å². The van der Waals surface area contributed by atoms with Crippen molar-refractivity contribution in [3.8, 4) is 0 Å². The van der Waals surface area contributed by atoms with Gasteiger partial charge < -0.3 is 9.64 Å². The van der Waals surface area contributed by atoms with Crippen molar-refractivity contribution in [2.45, 2.75) is 19.3 Å². The third-order valence-corrected chi connectivity index (χ3v) is 4.54. The fourth-order valence-corrected chi connectivity index (χ4v) is 3.11. The molecule has 1 aromatic heterocycles. The topological polar surface area (TPSA) is 85.5 Å². The van der Waals surface area contributed by atoms with Gasteiger partial charge in [-0.3, -0.25) is 9.59 Å². The van der Waals surface area contributed by atoms with Crippen LogP contribution in [0.15, 0.2) is 28.9 Å². The largest absolute Gasteiger partial charge is 0.469 e. The van der Waals surface area contributed by atoms with Gasteiger partial charge in [-0.25, -0.2) is 9.02 Å². The second-order valence-corrected chi connectivity index (χ2v) is 6.06. The molecule has 7 nitrogen and oxygen atoms in total. The number of carbonyl (C=O) groups is 2. The Morgan fingerprint density at radius 3 is 2.60 bits per heavy atom. The SMILES string of the molecule is COC(=O)[C@H]1CN(C(=O)Cc2nonc2C)C[C@@H]1c1ccc(F)cc1. The lowest BCUT2D eigenvalue weighted by Crippen LogP contribution is -2.31. The lowest BCUT2D eigenvalue weighted by atomic mass is 9.89. The van der Waals surface area contributed by atoms with Gasteiger partial charge >= 0.3 is 5.97 Å². The average Bonchev–Trinajstić information content (AvgIpc) is 3.22. The van der Waals surface area contributed by atoms with E-state index in [4.69, 9.17) is 4.74 Å². The van der Waals surface area contributed by atoms with E-state index >= 15 is 0 Å². The number of ether oxygens (including phenoxy) is 1. The predicted octanol–water partition coefficient (Wildman–Crippen LogP) is 1.47. The molecule has 1 aliphatic rings. The summed E-state index contributed by atoms with van der Waals surface area (Å²) in [5.74, 6) is -1.64. The molecule has 8 heteroatoms. The van der Waals surface area contributed by atoms with Crippen LogP contribution in [0, 0.1) is 18.7 Å². The monoisotopic (exact) mass is 347 g/mol. The second kappa shape index (κ2) is 7.00. The van der Waals surface area contributed by atoms with Crippen molar-refractivity contribution in [1.29, 1.82) is 0 Å². The van der Waals surface area contributed by atoms with Crippen LogP contribution in [0.5, 0.6) is 0 Å². The van der Waals surface area contributed by atoms with E-state index in [-0.39, 0.29) is 36.6 Å². The molecule has 2 atom stereocenters. The van der Waals surface area contributed by atoms with Gasteiger partial charge in [0.2, 0.25) is 5.91 Å². The Hall–Kier alpha value is -2.77. The van der Waals surface area contributed by atoms with Crippen LogP contribution in [0.2, 0.25) is 0 Å². The van der Waals surface area contributed by atoms with Crippen LogP contribution in [0.4, 0.5) is 4.39 Å². The van der Waals surface area contributed by atoms with Crippen molar-refractivity contribution in [2.75, 3.05) is 20.2 Å². The van der Waals surface area contributed by atoms with E-state index < -0.39 is 5.92 Å². The molecule has 0 radical (unpaired) electrons. The number of likely N-dealkylation sites (tertiary alicyclic amines) is 1. The third-order valence-electron chi connectivity index (χ3n) is 4.54. The van der Waals surface area contributed by atoms with Crippen LogP contribution < -0.4 is 0 Å². The summed E-state index contributed by atoms with van der Waals surface area (Å²) in [5.41, 5.74) is 1.84. The lowest BCUT2D eigenvalue weighted by Gasteiger charge is -2.16. The van der Waals surface area contributed by atoms with Crippen LogP contribution in [0.3, 0.4) is 0 Å². The minimum atomic E-state index is -0.490. The van der Waals surface area contributed by atoms with E-state index in [1.807, 2.05) is 0 Å². The third kappa shape index (κ3) is 3.52. The highest BCUT2D eigenvalue weighted by Gasteiger charge is 2.41. The number of hydrogen-bond acceptors (Lipinski definition) is 6. The van der Waals surface area contributed by atoms with Crippen LogP contribution in [-0.4, -0.2) is 47.3 Å². The van der Waals surface area contributed by atoms with Crippen molar-refractivity contribution in [3.05, 3.63) is 47.0 Å². The number of hydrogen-bond donors (Lipinski definition) is 0. The summed E-state index contributed by atoms with van der Waals surface area (Å²) in [4.78, 5) is 26.3. The zero-order valence-corrected chi connectivity index (χ0v) is 13.9.